The fourth-order valence-electron chi connectivity index (χ4n) is 2.11. The van der Waals surface area contributed by atoms with Crippen LogP contribution in [0.4, 0.5) is 10.1 Å². The molecule has 26 heavy (non-hydrogen) atoms. The van der Waals surface area contributed by atoms with E-state index in [1.54, 1.807) is 18.5 Å². The van der Waals surface area contributed by atoms with E-state index in [9.17, 15) is 14.0 Å². The zero-order valence-electron chi connectivity index (χ0n) is 14.8. The predicted molar refractivity (Wildman–Crippen MR) is 100.0 cm³/mol. The predicted octanol–water partition coefficient (Wildman–Crippen LogP) is 1.78. The summed E-state index contributed by atoms with van der Waals surface area (Å²) in [7, 11) is 0. The number of carbonyl (C=O) groups excluding carboxylic acids is 2. The molecule has 0 bridgehead atoms. The summed E-state index contributed by atoms with van der Waals surface area (Å²) in [5.74, 6) is -1.42. The molecule has 0 unspecified atom stereocenters. The fraction of sp³-hybridized carbons (Fsp3) is 0.353. The first-order valence-electron chi connectivity index (χ1n) is 7.92. The maximum Gasteiger partial charge on any atom is 0.243 e. The Kier molecular flexibility index (Phi) is 7.73. The van der Waals surface area contributed by atoms with Crippen molar-refractivity contribution in [3.05, 3.63) is 42.0 Å². The van der Waals surface area contributed by atoms with Gasteiger partial charge in [0.15, 0.2) is 5.82 Å². The molecule has 0 spiro atoms. The van der Waals surface area contributed by atoms with Gasteiger partial charge in [-0.1, -0.05) is 13.8 Å². The van der Waals surface area contributed by atoms with Gasteiger partial charge < -0.3 is 16.4 Å². The number of hydrogen-bond donors (Lipinski definition) is 3. The summed E-state index contributed by atoms with van der Waals surface area (Å²) in [6.07, 6.45) is 3.32. The number of benzene rings is 1. The maximum atomic E-state index is 14.2. The SMILES string of the molecule is Cc1cnn(-c2ccc(NC(=O)CNC(=O)[C@@H](N)C(C)C)cc2F)c1.Cl. The number of hydrogen-bond acceptors (Lipinski definition) is 4. The third kappa shape index (κ3) is 5.53. The molecule has 0 fully saturated rings. The second-order valence-corrected chi connectivity index (χ2v) is 6.16. The molecule has 9 heteroatoms. The molecule has 4 N–H and O–H groups in total. The Labute approximate surface area is 157 Å². The lowest BCUT2D eigenvalue weighted by Gasteiger charge is -2.15. The summed E-state index contributed by atoms with van der Waals surface area (Å²) in [5.41, 5.74) is 7.17. The first-order chi connectivity index (χ1) is 11.8. The minimum absolute atomic E-state index is 0. The first-order valence-corrected chi connectivity index (χ1v) is 7.92. The highest BCUT2D eigenvalue weighted by molar-refractivity contribution is 5.95. The molecule has 1 aromatic carbocycles. The third-order valence-corrected chi connectivity index (χ3v) is 3.63. The summed E-state index contributed by atoms with van der Waals surface area (Å²) in [6, 6.07) is 3.60. The van der Waals surface area contributed by atoms with Crippen LogP contribution in [0.5, 0.6) is 0 Å². The molecule has 0 radical (unpaired) electrons. The molecule has 7 nitrogen and oxygen atoms in total. The molecular weight excluding hydrogens is 361 g/mol. The average molecular weight is 384 g/mol. The number of halogens is 2. The minimum Gasteiger partial charge on any atom is -0.346 e. The maximum absolute atomic E-state index is 14.2. The zero-order chi connectivity index (χ0) is 18.6. The molecular formula is C17H23ClFN5O2. The second kappa shape index (κ2) is 9.30. The number of carbonyl (C=O) groups is 2. The van der Waals surface area contributed by atoms with Crippen LogP contribution in [-0.4, -0.2) is 34.2 Å². The number of amides is 2. The molecule has 142 valence electrons. The number of rotatable bonds is 6. The Morgan fingerprint density at radius 3 is 2.58 bits per heavy atom. The normalized spacial score (nSPS) is 11.6. The quantitative estimate of drug-likeness (QED) is 0.707. The third-order valence-electron chi connectivity index (χ3n) is 3.63. The van der Waals surface area contributed by atoms with Crippen LogP contribution in [0.3, 0.4) is 0 Å². The van der Waals surface area contributed by atoms with Gasteiger partial charge in [0, 0.05) is 11.9 Å². The Morgan fingerprint density at radius 2 is 2.04 bits per heavy atom. The number of anilines is 1. The Balaban J connectivity index is 0.00000338. The van der Waals surface area contributed by atoms with E-state index in [0.29, 0.717) is 0 Å². The topological polar surface area (TPSA) is 102 Å². The van der Waals surface area contributed by atoms with Crippen molar-refractivity contribution in [2.45, 2.75) is 26.8 Å². The summed E-state index contributed by atoms with van der Waals surface area (Å²) < 4.78 is 15.6. The Morgan fingerprint density at radius 1 is 1.35 bits per heavy atom. The van der Waals surface area contributed by atoms with Gasteiger partial charge in [-0.05, 0) is 36.6 Å². The van der Waals surface area contributed by atoms with Gasteiger partial charge in [0.1, 0.15) is 5.69 Å². The second-order valence-electron chi connectivity index (χ2n) is 6.16. The van der Waals surface area contributed by atoms with E-state index in [1.165, 1.54) is 16.8 Å². The van der Waals surface area contributed by atoms with Crippen molar-refractivity contribution in [2.24, 2.45) is 11.7 Å². The Bertz CT molecular complexity index is 778. The lowest BCUT2D eigenvalue weighted by molar-refractivity contribution is -0.125. The van der Waals surface area contributed by atoms with Crippen molar-refractivity contribution in [3.63, 3.8) is 0 Å². The van der Waals surface area contributed by atoms with Gasteiger partial charge in [-0.2, -0.15) is 5.10 Å². The summed E-state index contributed by atoms with van der Waals surface area (Å²) in [5, 5.41) is 9.03. The molecule has 1 heterocycles. The van der Waals surface area contributed by atoms with Crippen molar-refractivity contribution in [3.8, 4) is 5.69 Å². The van der Waals surface area contributed by atoms with E-state index in [2.05, 4.69) is 15.7 Å². The fourth-order valence-corrected chi connectivity index (χ4v) is 2.11. The van der Waals surface area contributed by atoms with E-state index < -0.39 is 23.7 Å². The van der Waals surface area contributed by atoms with Crippen LogP contribution in [0, 0.1) is 18.7 Å². The number of nitrogens with two attached hydrogens (primary N) is 1. The van der Waals surface area contributed by atoms with E-state index >= 15 is 0 Å². The highest BCUT2D eigenvalue weighted by Crippen LogP contribution is 2.18. The van der Waals surface area contributed by atoms with E-state index in [0.717, 1.165) is 5.56 Å². The molecule has 1 aromatic heterocycles. The van der Waals surface area contributed by atoms with Crippen molar-refractivity contribution in [2.75, 3.05) is 11.9 Å². The smallest absolute Gasteiger partial charge is 0.243 e. The van der Waals surface area contributed by atoms with Gasteiger partial charge in [0.2, 0.25) is 11.8 Å². The van der Waals surface area contributed by atoms with E-state index in [-0.39, 0.29) is 36.2 Å². The number of nitrogens with zero attached hydrogens (tertiary/aromatic N) is 2. The van der Waals surface area contributed by atoms with Crippen molar-refractivity contribution in [1.29, 1.82) is 0 Å². The summed E-state index contributed by atoms with van der Waals surface area (Å²) >= 11 is 0. The van der Waals surface area contributed by atoms with Crippen molar-refractivity contribution < 1.29 is 14.0 Å². The monoisotopic (exact) mass is 383 g/mol. The van der Waals surface area contributed by atoms with Crippen LogP contribution < -0.4 is 16.4 Å². The lowest BCUT2D eigenvalue weighted by Crippen LogP contribution is -2.46. The number of aryl methyl sites for hydroxylation is 1. The molecule has 0 saturated heterocycles. The first kappa shape index (κ1) is 21.6. The zero-order valence-corrected chi connectivity index (χ0v) is 15.6. The van der Waals surface area contributed by atoms with E-state index in [4.69, 9.17) is 5.73 Å². The average Bonchev–Trinajstić information content (AvgIpc) is 2.98. The molecule has 2 rings (SSSR count). The molecule has 2 aromatic rings. The molecule has 0 saturated carbocycles. The number of aromatic nitrogens is 2. The summed E-state index contributed by atoms with van der Waals surface area (Å²) in [4.78, 5) is 23.6. The van der Waals surface area contributed by atoms with Crippen LogP contribution in [0.2, 0.25) is 0 Å². The molecule has 0 aliphatic rings. The highest BCUT2D eigenvalue weighted by atomic mass is 35.5. The molecule has 2 amide bonds. The number of nitrogens with one attached hydrogen (secondary N) is 2. The van der Waals surface area contributed by atoms with Crippen LogP contribution >= 0.6 is 12.4 Å². The molecule has 0 aliphatic heterocycles. The van der Waals surface area contributed by atoms with Gasteiger partial charge in [-0.3, -0.25) is 9.59 Å². The van der Waals surface area contributed by atoms with Gasteiger partial charge in [-0.15, -0.1) is 12.4 Å². The van der Waals surface area contributed by atoms with Crippen LogP contribution in [0.15, 0.2) is 30.6 Å². The van der Waals surface area contributed by atoms with Crippen LogP contribution in [0.25, 0.3) is 5.69 Å². The van der Waals surface area contributed by atoms with Gasteiger partial charge in [-0.25, -0.2) is 9.07 Å². The molecule has 1 atom stereocenters. The minimum atomic E-state index is -0.679. The lowest BCUT2D eigenvalue weighted by atomic mass is 10.1. The summed E-state index contributed by atoms with van der Waals surface area (Å²) in [6.45, 7) is 5.25. The highest BCUT2D eigenvalue weighted by Gasteiger charge is 2.17. The molecule has 0 aliphatic carbocycles. The van der Waals surface area contributed by atoms with Crippen LogP contribution in [-0.2, 0) is 9.59 Å². The van der Waals surface area contributed by atoms with Gasteiger partial charge >= 0.3 is 0 Å². The van der Waals surface area contributed by atoms with Gasteiger partial charge in [0.05, 0.1) is 18.8 Å². The van der Waals surface area contributed by atoms with Crippen LogP contribution in [0.1, 0.15) is 19.4 Å². The van der Waals surface area contributed by atoms with Crippen molar-refractivity contribution >= 4 is 29.9 Å². The largest absolute Gasteiger partial charge is 0.346 e. The Hall–Kier alpha value is -2.45. The van der Waals surface area contributed by atoms with Gasteiger partial charge in [0.25, 0.3) is 0 Å². The standard InChI is InChI=1S/C17H22FN5O2.ClH/c1-10(2)16(19)17(25)20-8-15(24)22-12-4-5-14(13(18)6-12)23-9-11(3)7-21-23;/h4-7,9-10,16H,8,19H2,1-3H3,(H,20,25)(H,22,24);1H/t16-;/m0./s1. The van der Waals surface area contributed by atoms with Crippen molar-refractivity contribution in [1.82, 2.24) is 15.1 Å². The van der Waals surface area contributed by atoms with E-state index in [1.807, 2.05) is 20.8 Å².